The third kappa shape index (κ3) is 1.86. The van der Waals surface area contributed by atoms with E-state index in [-0.39, 0.29) is 17.6 Å². The second-order valence-electron chi connectivity index (χ2n) is 3.77. The van der Waals surface area contributed by atoms with Gasteiger partial charge in [0.2, 0.25) is 0 Å². The van der Waals surface area contributed by atoms with Crippen molar-refractivity contribution >= 4 is 11.7 Å². The van der Waals surface area contributed by atoms with Gasteiger partial charge < -0.3 is 20.8 Å². The Kier molecular flexibility index (Phi) is 2.55. The van der Waals surface area contributed by atoms with E-state index in [2.05, 4.69) is 4.99 Å². The van der Waals surface area contributed by atoms with Gasteiger partial charge in [0.25, 0.3) is 11.6 Å². The van der Waals surface area contributed by atoms with Crippen LogP contribution in [0.25, 0.3) is 0 Å². The van der Waals surface area contributed by atoms with Crippen molar-refractivity contribution in [2.75, 3.05) is 12.3 Å². The van der Waals surface area contributed by atoms with Crippen LogP contribution in [-0.4, -0.2) is 17.2 Å². The molecule has 0 amide bonds. The SMILES string of the molecule is Cn1cc(N)cc(C2CCOC(N)=N2)c1=O. The van der Waals surface area contributed by atoms with E-state index in [9.17, 15) is 4.79 Å². The van der Waals surface area contributed by atoms with Crippen molar-refractivity contribution in [3.63, 3.8) is 0 Å². The third-order valence-corrected chi connectivity index (χ3v) is 2.52. The smallest absolute Gasteiger partial charge is 0.282 e. The summed E-state index contributed by atoms with van der Waals surface area (Å²) in [5.41, 5.74) is 12.2. The normalized spacial score (nSPS) is 20.1. The van der Waals surface area contributed by atoms with Gasteiger partial charge in [0.1, 0.15) is 0 Å². The summed E-state index contributed by atoms with van der Waals surface area (Å²) >= 11 is 0. The second-order valence-corrected chi connectivity index (χ2v) is 3.77. The van der Waals surface area contributed by atoms with E-state index >= 15 is 0 Å². The zero-order valence-electron chi connectivity index (χ0n) is 9.01. The second kappa shape index (κ2) is 3.88. The van der Waals surface area contributed by atoms with E-state index in [1.54, 1.807) is 19.3 Å². The van der Waals surface area contributed by atoms with Crippen molar-refractivity contribution in [1.29, 1.82) is 0 Å². The van der Waals surface area contributed by atoms with E-state index in [1.807, 2.05) is 0 Å². The Morgan fingerprint density at radius 1 is 1.56 bits per heavy atom. The fourth-order valence-corrected chi connectivity index (χ4v) is 1.76. The molecule has 1 aromatic heterocycles. The van der Waals surface area contributed by atoms with Gasteiger partial charge in [-0.3, -0.25) is 4.79 Å². The van der Waals surface area contributed by atoms with Gasteiger partial charge in [-0.05, 0) is 6.07 Å². The minimum absolute atomic E-state index is 0.0994. The summed E-state index contributed by atoms with van der Waals surface area (Å²) in [4.78, 5) is 16.0. The van der Waals surface area contributed by atoms with Crippen molar-refractivity contribution in [3.8, 4) is 0 Å². The van der Waals surface area contributed by atoms with Crippen LogP contribution in [0.2, 0.25) is 0 Å². The highest BCUT2D eigenvalue weighted by atomic mass is 16.5. The maximum Gasteiger partial charge on any atom is 0.282 e. The largest absolute Gasteiger partial charge is 0.465 e. The van der Waals surface area contributed by atoms with Crippen LogP contribution < -0.4 is 17.0 Å². The molecule has 0 radical (unpaired) electrons. The molecule has 0 bridgehead atoms. The van der Waals surface area contributed by atoms with Crippen molar-refractivity contribution < 1.29 is 4.74 Å². The van der Waals surface area contributed by atoms with Crippen molar-refractivity contribution in [2.24, 2.45) is 17.8 Å². The fourth-order valence-electron chi connectivity index (χ4n) is 1.76. The topological polar surface area (TPSA) is 95.6 Å². The number of nitrogen functional groups attached to an aromatic ring is 1. The molecule has 4 N–H and O–H groups in total. The number of hydrogen-bond donors (Lipinski definition) is 2. The summed E-state index contributed by atoms with van der Waals surface area (Å²) in [6.07, 6.45) is 2.22. The number of aryl methyl sites for hydroxylation is 1. The molecule has 2 heterocycles. The first-order chi connectivity index (χ1) is 7.58. The first kappa shape index (κ1) is 10.5. The van der Waals surface area contributed by atoms with E-state index in [4.69, 9.17) is 16.2 Å². The minimum atomic E-state index is -0.254. The molecule has 1 atom stereocenters. The lowest BCUT2D eigenvalue weighted by Gasteiger charge is -2.19. The van der Waals surface area contributed by atoms with Crippen molar-refractivity contribution in [2.45, 2.75) is 12.5 Å². The molecule has 6 nitrogen and oxygen atoms in total. The average Bonchev–Trinajstić information content (AvgIpc) is 2.23. The summed E-state index contributed by atoms with van der Waals surface area (Å²) in [6.45, 7) is 0.470. The lowest BCUT2D eigenvalue weighted by Crippen LogP contribution is -2.28. The van der Waals surface area contributed by atoms with Crippen LogP contribution in [-0.2, 0) is 11.8 Å². The number of anilines is 1. The quantitative estimate of drug-likeness (QED) is 0.684. The summed E-state index contributed by atoms with van der Waals surface area (Å²) < 4.78 is 6.47. The number of pyridine rings is 1. The molecule has 0 saturated carbocycles. The molecule has 1 aliphatic rings. The van der Waals surface area contributed by atoms with E-state index in [0.717, 1.165) is 0 Å². The van der Waals surface area contributed by atoms with Gasteiger partial charge >= 0.3 is 0 Å². The minimum Gasteiger partial charge on any atom is -0.465 e. The summed E-state index contributed by atoms with van der Waals surface area (Å²) in [5.74, 6) is 0. The van der Waals surface area contributed by atoms with E-state index in [0.29, 0.717) is 24.3 Å². The Hall–Kier alpha value is -1.98. The predicted octanol–water partition coefficient (Wildman–Crippen LogP) is -0.256. The highest BCUT2D eigenvalue weighted by Crippen LogP contribution is 2.22. The van der Waals surface area contributed by atoms with Gasteiger partial charge in [-0.25, -0.2) is 4.99 Å². The first-order valence-corrected chi connectivity index (χ1v) is 5.00. The van der Waals surface area contributed by atoms with Gasteiger partial charge in [-0.2, -0.15) is 0 Å². The highest BCUT2D eigenvalue weighted by Gasteiger charge is 2.20. The summed E-state index contributed by atoms with van der Waals surface area (Å²) in [5, 5.41) is 0. The molecule has 0 spiro atoms. The first-order valence-electron chi connectivity index (χ1n) is 5.00. The van der Waals surface area contributed by atoms with E-state index < -0.39 is 0 Å². The third-order valence-electron chi connectivity index (χ3n) is 2.52. The standard InChI is InChI=1S/C10H14N4O2/c1-14-5-6(11)4-7(9(14)15)8-2-3-16-10(12)13-8/h4-5,8H,2-3,11H2,1H3,(H2,12,13). The molecule has 6 heteroatoms. The van der Waals surface area contributed by atoms with Gasteiger partial charge in [0, 0.05) is 30.9 Å². The Morgan fingerprint density at radius 2 is 2.31 bits per heavy atom. The van der Waals surface area contributed by atoms with Gasteiger partial charge in [0.15, 0.2) is 0 Å². The zero-order valence-corrected chi connectivity index (χ0v) is 9.01. The number of nitrogens with zero attached hydrogens (tertiary/aromatic N) is 2. The average molecular weight is 222 g/mol. The Labute approximate surface area is 92.5 Å². The monoisotopic (exact) mass is 222 g/mol. The predicted molar refractivity (Wildman–Crippen MR) is 61.0 cm³/mol. The molecule has 86 valence electrons. The maximum atomic E-state index is 11.9. The highest BCUT2D eigenvalue weighted by molar-refractivity contribution is 5.72. The van der Waals surface area contributed by atoms with Crippen LogP contribution in [0.4, 0.5) is 5.69 Å². The number of aliphatic imine (C=N–C) groups is 1. The molecule has 0 aromatic carbocycles. The number of nitrogens with two attached hydrogens (primary N) is 2. The molecule has 16 heavy (non-hydrogen) atoms. The van der Waals surface area contributed by atoms with Crippen LogP contribution in [0.15, 0.2) is 22.1 Å². The molecule has 0 aliphatic carbocycles. The number of rotatable bonds is 1. The van der Waals surface area contributed by atoms with Gasteiger partial charge in [0.05, 0.1) is 12.6 Å². The molecule has 1 aromatic rings. The fraction of sp³-hybridized carbons (Fsp3) is 0.400. The number of hydrogen-bond acceptors (Lipinski definition) is 5. The Morgan fingerprint density at radius 3 is 3.00 bits per heavy atom. The van der Waals surface area contributed by atoms with Gasteiger partial charge in [-0.1, -0.05) is 0 Å². The van der Waals surface area contributed by atoms with Crippen LogP contribution >= 0.6 is 0 Å². The summed E-state index contributed by atoms with van der Waals surface area (Å²) in [7, 11) is 1.66. The zero-order chi connectivity index (χ0) is 11.7. The molecule has 2 rings (SSSR count). The number of amidine groups is 1. The molecule has 1 aliphatic heterocycles. The summed E-state index contributed by atoms with van der Waals surface area (Å²) in [6, 6.07) is 1.52. The van der Waals surface area contributed by atoms with Crippen LogP contribution in [0.1, 0.15) is 18.0 Å². The van der Waals surface area contributed by atoms with E-state index in [1.165, 1.54) is 4.57 Å². The van der Waals surface area contributed by atoms with Crippen molar-refractivity contribution in [3.05, 3.63) is 28.2 Å². The lowest BCUT2D eigenvalue weighted by atomic mass is 10.1. The van der Waals surface area contributed by atoms with Crippen LogP contribution in [0.5, 0.6) is 0 Å². The lowest BCUT2D eigenvalue weighted by molar-refractivity contribution is 0.255. The number of aromatic nitrogens is 1. The molecule has 1 unspecified atom stereocenters. The van der Waals surface area contributed by atoms with Crippen LogP contribution in [0, 0.1) is 0 Å². The molecule has 0 fully saturated rings. The van der Waals surface area contributed by atoms with Crippen LogP contribution in [0.3, 0.4) is 0 Å². The molecule has 0 saturated heterocycles. The maximum absolute atomic E-state index is 11.9. The Bertz CT molecular complexity index is 492. The Balaban J connectivity index is 2.48. The van der Waals surface area contributed by atoms with Crippen molar-refractivity contribution in [1.82, 2.24) is 4.57 Å². The molecular weight excluding hydrogens is 208 g/mol. The van der Waals surface area contributed by atoms with Gasteiger partial charge in [-0.15, -0.1) is 0 Å². The number of ether oxygens (including phenoxy) is 1. The molecular formula is C10H14N4O2.